The Labute approximate surface area is 81.1 Å². The van der Waals surface area contributed by atoms with Gasteiger partial charge in [-0.1, -0.05) is 0 Å². The highest BCUT2D eigenvalue weighted by molar-refractivity contribution is 9.10. The van der Waals surface area contributed by atoms with Crippen LogP contribution in [0, 0.1) is 6.20 Å². The van der Waals surface area contributed by atoms with Gasteiger partial charge in [0, 0.05) is 12.0 Å². The van der Waals surface area contributed by atoms with E-state index in [1.54, 1.807) is 0 Å². The molecule has 1 heterocycles. The summed E-state index contributed by atoms with van der Waals surface area (Å²) in [5, 5.41) is 4.22. The first-order valence-corrected chi connectivity index (χ1v) is 5.15. The zero-order chi connectivity index (χ0) is 8.72. The SMILES string of the molecule is CC(C)n1n[c]c(Br)c1C1CC1. The average Bonchev–Trinajstić information content (AvgIpc) is 2.75. The Kier molecular flexibility index (Phi) is 1.99. The van der Waals surface area contributed by atoms with Crippen LogP contribution in [-0.4, -0.2) is 9.78 Å². The van der Waals surface area contributed by atoms with Gasteiger partial charge in [0.05, 0.1) is 10.2 Å². The molecule has 0 bridgehead atoms. The smallest absolute Gasteiger partial charge is 0.128 e. The summed E-state index contributed by atoms with van der Waals surface area (Å²) >= 11 is 3.49. The highest BCUT2D eigenvalue weighted by Crippen LogP contribution is 2.43. The van der Waals surface area contributed by atoms with Crippen LogP contribution in [0.3, 0.4) is 0 Å². The van der Waals surface area contributed by atoms with Gasteiger partial charge in [0.15, 0.2) is 0 Å². The van der Waals surface area contributed by atoms with Crippen LogP contribution in [0.1, 0.15) is 44.3 Å². The minimum atomic E-state index is 0.447. The molecule has 1 saturated carbocycles. The number of hydrogen-bond donors (Lipinski definition) is 0. The summed E-state index contributed by atoms with van der Waals surface area (Å²) in [6.07, 6.45) is 5.59. The van der Waals surface area contributed by atoms with Crippen molar-refractivity contribution in [1.29, 1.82) is 0 Å². The largest absolute Gasteiger partial charge is 0.265 e. The van der Waals surface area contributed by atoms with Crippen molar-refractivity contribution >= 4 is 15.9 Å². The molecule has 0 aliphatic heterocycles. The molecule has 0 N–H and O–H groups in total. The standard InChI is InChI=1S/C9H12BrN2/c1-6(2)12-9(7-3-4-7)8(10)5-11-12/h6-7H,3-4H2,1-2H3. The molecule has 0 amide bonds. The molecule has 65 valence electrons. The van der Waals surface area contributed by atoms with E-state index in [1.165, 1.54) is 18.5 Å². The van der Waals surface area contributed by atoms with E-state index in [1.807, 2.05) is 0 Å². The summed E-state index contributed by atoms with van der Waals surface area (Å²) < 4.78 is 3.13. The number of aromatic nitrogens is 2. The van der Waals surface area contributed by atoms with Crippen LogP contribution in [0.25, 0.3) is 0 Å². The normalized spacial score (nSPS) is 17.3. The summed E-state index contributed by atoms with van der Waals surface area (Å²) in [6, 6.07) is 0.447. The Balaban J connectivity index is 2.39. The van der Waals surface area contributed by atoms with Crippen molar-refractivity contribution < 1.29 is 0 Å². The van der Waals surface area contributed by atoms with Crippen LogP contribution in [0.4, 0.5) is 0 Å². The van der Waals surface area contributed by atoms with Crippen molar-refractivity contribution in [3.8, 4) is 0 Å². The van der Waals surface area contributed by atoms with Crippen molar-refractivity contribution in [1.82, 2.24) is 9.78 Å². The molecule has 0 saturated heterocycles. The van der Waals surface area contributed by atoms with E-state index >= 15 is 0 Å². The lowest BCUT2D eigenvalue weighted by atomic mass is 10.3. The van der Waals surface area contributed by atoms with E-state index in [9.17, 15) is 0 Å². The van der Waals surface area contributed by atoms with Crippen LogP contribution in [-0.2, 0) is 0 Å². The molecule has 1 aliphatic carbocycles. The second kappa shape index (κ2) is 2.87. The van der Waals surface area contributed by atoms with Gasteiger partial charge in [0.2, 0.25) is 0 Å². The molecular formula is C9H12BrN2. The number of hydrogen-bond acceptors (Lipinski definition) is 1. The summed E-state index contributed by atoms with van der Waals surface area (Å²) in [5.74, 6) is 0.737. The minimum Gasteiger partial charge on any atom is -0.265 e. The van der Waals surface area contributed by atoms with Gasteiger partial charge in [-0.25, -0.2) is 0 Å². The van der Waals surface area contributed by atoms with Crippen LogP contribution >= 0.6 is 15.9 Å². The van der Waals surface area contributed by atoms with Gasteiger partial charge >= 0.3 is 0 Å². The fourth-order valence-corrected chi connectivity index (χ4v) is 2.01. The summed E-state index contributed by atoms with van der Waals surface area (Å²) in [6.45, 7) is 4.30. The summed E-state index contributed by atoms with van der Waals surface area (Å²) in [4.78, 5) is 0. The molecule has 2 rings (SSSR count). The maximum atomic E-state index is 4.22. The molecule has 1 radical (unpaired) electrons. The second-order valence-electron chi connectivity index (χ2n) is 3.62. The van der Waals surface area contributed by atoms with Gasteiger partial charge in [0.25, 0.3) is 0 Å². The molecule has 3 heteroatoms. The average molecular weight is 228 g/mol. The summed E-state index contributed by atoms with van der Waals surface area (Å²) in [7, 11) is 0. The molecule has 1 aromatic heterocycles. The maximum absolute atomic E-state index is 4.22. The molecular weight excluding hydrogens is 216 g/mol. The van der Waals surface area contributed by atoms with Crippen molar-refractivity contribution in [2.75, 3.05) is 0 Å². The molecule has 1 aromatic rings. The van der Waals surface area contributed by atoms with E-state index in [2.05, 4.69) is 45.8 Å². The van der Waals surface area contributed by atoms with E-state index in [0.717, 1.165) is 10.4 Å². The van der Waals surface area contributed by atoms with E-state index in [-0.39, 0.29) is 0 Å². The zero-order valence-electron chi connectivity index (χ0n) is 7.34. The topological polar surface area (TPSA) is 17.8 Å². The molecule has 0 unspecified atom stereocenters. The van der Waals surface area contributed by atoms with Gasteiger partial charge in [0.1, 0.15) is 6.20 Å². The van der Waals surface area contributed by atoms with Crippen LogP contribution in [0.2, 0.25) is 0 Å². The second-order valence-corrected chi connectivity index (χ2v) is 4.42. The van der Waals surface area contributed by atoms with Gasteiger partial charge in [-0.05, 0) is 42.6 Å². The lowest BCUT2D eigenvalue weighted by Gasteiger charge is -2.09. The van der Waals surface area contributed by atoms with Crippen LogP contribution in [0.5, 0.6) is 0 Å². The first-order chi connectivity index (χ1) is 5.70. The number of rotatable bonds is 2. The highest BCUT2D eigenvalue weighted by atomic mass is 79.9. The van der Waals surface area contributed by atoms with Crippen molar-refractivity contribution in [3.05, 3.63) is 16.4 Å². The third-order valence-electron chi connectivity index (χ3n) is 2.18. The van der Waals surface area contributed by atoms with E-state index < -0.39 is 0 Å². The molecule has 2 nitrogen and oxygen atoms in total. The quantitative estimate of drug-likeness (QED) is 0.760. The molecule has 0 spiro atoms. The Morgan fingerprint density at radius 1 is 1.58 bits per heavy atom. The van der Waals surface area contributed by atoms with Gasteiger partial charge in [-0.3, -0.25) is 4.68 Å². The van der Waals surface area contributed by atoms with Crippen molar-refractivity contribution in [2.45, 2.75) is 38.6 Å². The molecule has 1 aliphatic rings. The third kappa shape index (κ3) is 1.30. The summed E-state index contributed by atoms with van der Waals surface area (Å²) in [5.41, 5.74) is 1.34. The Bertz CT molecular complexity index is 287. The number of nitrogens with zero attached hydrogens (tertiary/aromatic N) is 2. The Hall–Kier alpha value is -0.310. The highest BCUT2D eigenvalue weighted by Gasteiger charge is 2.30. The molecule has 1 fully saturated rings. The lowest BCUT2D eigenvalue weighted by Crippen LogP contribution is -2.06. The Morgan fingerprint density at radius 2 is 2.25 bits per heavy atom. The first-order valence-electron chi connectivity index (χ1n) is 4.35. The Morgan fingerprint density at radius 3 is 2.75 bits per heavy atom. The third-order valence-corrected chi connectivity index (χ3v) is 2.76. The van der Waals surface area contributed by atoms with Gasteiger partial charge in [-0.15, -0.1) is 0 Å². The molecule has 12 heavy (non-hydrogen) atoms. The van der Waals surface area contributed by atoms with Gasteiger partial charge < -0.3 is 0 Å². The van der Waals surface area contributed by atoms with E-state index in [0.29, 0.717) is 6.04 Å². The van der Waals surface area contributed by atoms with E-state index in [4.69, 9.17) is 0 Å². The minimum absolute atomic E-state index is 0.447. The molecule has 0 aromatic carbocycles. The van der Waals surface area contributed by atoms with Gasteiger partial charge in [-0.2, -0.15) is 5.10 Å². The first kappa shape index (κ1) is 8.30. The predicted octanol–water partition coefficient (Wildman–Crippen LogP) is 2.90. The predicted molar refractivity (Wildman–Crippen MR) is 51.1 cm³/mol. The zero-order valence-corrected chi connectivity index (χ0v) is 8.93. The fourth-order valence-electron chi connectivity index (χ4n) is 1.43. The van der Waals surface area contributed by atoms with Crippen LogP contribution < -0.4 is 0 Å². The van der Waals surface area contributed by atoms with Crippen molar-refractivity contribution in [3.63, 3.8) is 0 Å². The molecule has 0 atom stereocenters. The monoisotopic (exact) mass is 227 g/mol. The van der Waals surface area contributed by atoms with Crippen LogP contribution in [0.15, 0.2) is 4.47 Å². The maximum Gasteiger partial charge on any atom is 0.128 e. The number of halogens is 1. The lowest BCUT2D eigenvalue weighted by molar-refractivity contribution is 0.508. The van der Waals surface area contributed by atoms with Crippen molar-refractivity contribution in [2.24, 2.45) is 0 Å². The fraction of sp³-hybridized carbons (Fsp3) is 0.667.